The molecule has 20 heavy (non-hydrogen) atoms. The molecular formula is C18H13NS. The number of aryl methyl sites for hydroxylation is 1. The van der Waals surface area contributed by atoms with E-state index in [4.69, 9.17) is 0 Å². The molecule has 2 heteroatoms. The summed E-state index contributed by atoms with van der Waals surface area (Å²) in [4.78, 5) is 5.57. The molecule has 0 spiro atoms. The minimum Gasteiger partial charge on any atom is -0.245 e. The van der Waals surface area contributed by atoms with Gasteiger partial charge in [-0.05, 0) is 36.2 Å². The van der Waals surface area contributed by atoms with Crippen molar-refractivity contribution in [3.05, 3.63) is 66.4 Å². The second-order valence-electron chi connectivity index (χ2n) is 5.04. The molecule has 96 valence electrons. The number of benzene rings is 2. The Morgan fingerprint density at radius 3 is 2.50 bits per heavy atom. The SMILES string of the molecule is Cc1ccc(-c2ccc3c(c2)sc2ncccc23)cc1. The van der Waals surface area contributed by atoms with Gasteiger partial charge in [0.1, 0.15) is 4.83 Å². The molecule has 0 atom stereocenters. The summed E-state index contributed by atoms with van der Waals surface area (Å²) in [5.41, 5.74) is 3.83. The predicted octanol–water partition coefficient (Wildman–Crippen LogP) is 5.42. The van der Waals surface area contributed by atoms with Crippen LogP contribution in [-0.2, 0) is 0 Å². The minimum absolute atomic E-state index is 1.11. The first-order valence-corrected chi connectivity index (χ1v) is 7.47. The molecule has 4 rings (SSSR count). The van der Waals surface area contributed by atoms with Crippen molar-refractivity contribution in [3.63, 3.8) is 0 Å². The smallest absolute Gasteiger partial charge is 0.124 e. The van der Waals surface area contributed by atoms with Crippen LogP contribution < -0.4 is 0 Å². The van der Waals surface area contributed by atoms with E-state index < -0.39 is 0 Å². The average Bonchev–Trinajstić information content (AvgIpc) is 2.85. The summed E-state index contributed by atoms with van der Waals surface area (Å²) >= 11 is 1.76. The molecule has 2 aromatic carbocycles. The standard InChI is InChI=1S/C18H13NS/c1-12-4-6-13(7-5-12)14-8-9-15-16-3-2-10-19-18(16)20-17(15)11-14/h2-11H,1H3. The second-order valence-corrected chi connectivity index (χ2v) is 6.07. The Hall–Kier alpha value is -2.19. The first kappa shape index (κ1) is 11.6. The Morgan fingerprint density at radius 2 is 1.65 bits per heavy atom. The van der Waals surface area contributed by atoms with Crippen molar-refractivity contribution < 1.29 is 0 Å². The summed E-state index contributed by atoms with van der Waals surface area (Å²) in [6, 6.07) is 19.5. The fraction of sp³-hybridized carbons (Fsp3) is 0.0556. The molecule has 0 aliphatic rings. The quantitative estimate of drug-likeness (QED) is 0.451. The Bertz CT molecular complexity index is 904. The number of pyridine rings is 1. The maximum Gasteiger partial charge on any atom is 0.124 e. The third-order valence-corrected chi connectivity index (χ3v) is 4.71. The number of hydrogen-bond donors (Lipinski definition) is 0. The third kappa shape index (κ3) is 1.81. The van der Waals surface area contributed by atoms with Crippen molar-refractivity contribution in [1.82, 2.24) is 4.98 Å². The first-order valence-electron chi connectivity index (χ1n) is 6.65. The number of hydrogen-bond acceptors (Lipinski definition) is 2. The van der Waals surface area contributed by atoms with Crippen molar-refractivity contribution in [3.8, 4) is 11.1 Å². The fourth-order valence-electron chi connectivity index (χ4n) is 2.54. The Kier molecular flexibility index (Phi) is 2.57. The number of aromatic nitrogens is 1. The van der Waals surface area contributed by atoms with Crippen molar-refractivity contribution in [2.75, 3.05) is 0 Å². The van der Waals surface area contributed by atoms with E-state index in [2.05, 4.69) is 60.4 Å². The minimum atomic E-state index is 1.11. The van der Waals surface area contributed by atoms with Crippen LogP contribution in [0.4, 0.5) is 0 Å². The molecule has 0 unspecified atom stereocenters. The highest BCUT2D eigenvalue weighted by atomic mass is 32.1. The molecule has 0 fully saturated rings. The van der Waals surface area contributed by atoms with Gasteiger partial charge in [-0.25, -0.2) is 4.98 Å². The Labute approximate surface area is 121 Å². The molecule has 0 saturated carbocycles. The molecule has 4 aromatic rings. The first-order chi connectivity index (χ1) is 9.81. The van der Waals surface area contributed by atoms with Gasteiger partial charge in [-0.3, -0.25) is 0 Å². The van der Waals surface area contributed by atoms with Gasteiger partial charge < -0.3 is 0 Å². The molecule has 2 heterocycles. The van der Waals surface area contributed by atoms with Crippen LogP contribution in [0.15, 0.2) is 60.8 Å². The summed E-state index contributed by atoms with van der Waals surface area (Å²) in [5, 5.41) is 2.55. The van der Waals surface area contributed by atoms with Crippen LogP contribution in [0.2, 0.25) is 0 Å². The van der Waals surface area contributed by atoms with E-state index in [1.807, 2.05) is 12.3 Å². The van der Waals surface area contributed by atoms with Gasteiger partial charge in [0.05, 0.1) is 0 Å². The molecule has 0 saturated heterocycles. The number of rotatable bonds is 1. The molecule has 0 amide bonds. The van der Waals surface area contributed by atoms with Gasteiger partial charge in [-0.1, -0.05) is 42.0 Å². The van der Waals surface area contributed by atoms with Gasteiger partial charge in [0.25, 0.3) is 0 Å². The van der Waals surface area contributed by atoms with Gasteiger partial charge in [0, 0.05) is 21.7 Å². The highest BCUT2D eigenvalue weighted by Gasteiger charge is 2.06. The topological polar surface area (TPSA) is 12.9 Å². The summed E-state index contributed by atoms with van der Waals surface area (Å²) in [6.45, 7) is 2.12. The van der Waals surface area contributed by atoms with Crippen LogP contribution in [0, 0.1) is 6.92 Å². The van der Waals surface area contributed by atoms with Crippen LogP contribution in [0.5, 0.6) is 0 Å². The predicted molar refractivity (Wildman–Crippen MR) is 87.3 cm³/mol. The van der Waals surface area contributed by atoms with Gasteiger partial charge in [-0.15, -0.1) is 11.3 Å². The lowest BCUT2D eigenvalue weighted by molar-refractivity contribution is 1.45. The van der Waals surface area contributed by atoms with Crippen molar-refractivity contribution in [2.24, 2.45) is 0 Å². The number of thiophene rings is 1. The van der Waals surface area contributed by atoms with E-state index >= 15 is 0 Å². The van der Waals surface area contributed by atoms with E-state index in [1.165, 1.54) is 32.2 Å². The maximum atomic E-state index is 4.45. The Morgan fingerprint density at radius 1 is 0.850 bits per heavy atom. The largest absolute Gasteiger partial charge is 0.245 e. The van der Waals surface area contributed by atoms with Crippen LogP contribution in [0.3, 0.4) is 0 Å². The molecule has 0 aliphatic heterocycles. The summed E-state index contributed by atoms with van der Waals surface area (Å²) in [7, 11) is 0. The lowest BCUT2D eigenvalue weighted by Crippen LogP contribution is -1.78. The van der Waals surface area contributed by atoms with E-state index in [9.17, 15) is 0 Å². The molecular weight excluding hydrogens is 262 g/mol. The average molecular weight is 275 g/mol. The van der Waals surface area contributed by atoms with Gasteiger partial charge in [0.2, 0.25) is 0 Å². The maximum absolute atomic E-state index is 4.45. The summed E-state index contributed by atoms with van der Waals surface area (Å²) in [6.07, 6.45) is 1.86. The summed E-state index contributed by atoms with van der Waals surface area (Å²) in [5.74, 6) is 0. The lowest BCUT2D eigenvalue weighted by atomic mass is 10.0. The van der Waals surface area contributed by atoms with Crippen LogP contribution in [0.25, 0.3) is 31.4 Å². The van der Waals surface area contributed by atoms with Crippen LogP contribution in [-0.4, -0.2) is 4.98 Å². The second kappa shape index (κ2) is 4.43. The zero-order chi connectivity index (χ0) is 13.5. The number of fused-ring (bicyclic) bond motifs is 3. The van der Waals surface area contributed by atoms with E-state index in [0.29, 0.717) is 0 Å². The third-order valence-electron chi connectivity index (χ3n) is 3.63. The molecule has 1 nitrogen and oxygen atoms in total. The van der Waals surface area contributed by atoms with E-state index in [1.54, 1.807) is 11.3 Å². The zero-order valence-electron chi connectivity index (χ0n) is 11.1. The van der Waals surface area contributed by atoms with Gasteiger partial charge in [-0.2, -0.15) is 0 Å². The lowest BCUT2D eigenvalue weighted by Gasteiger charge is -2.02. The zero-order valence-corrected chi connectivity index (χ0v) is 11.9. The van der Waals surface area contributed by atoms with E-state index in [0.717, 1.165) is 4.83 Å². The highest BCUT2D eigenvalue weighted by Crippen LogP contribution is 2.35. The molecule has 0 aliphatic carbocycles. The molecule has 0 radical (unpaired) electrons. The normalized spacial score (nSPS) is 11.2. The van der Waals surface area contributed by atoms with Crippen LogP contribution >= 0.6 is 11.3 Å². The van der Waals surface area contributed by atoms with Crippen molar-refractivity contribution in [1.29, 1.82) is 0 Å². The van der Waals surface area contributed by atoms with Crippen LogP contribution in [0.1, 0.15) is 5.56 Å². The highest BCUT2D eigenvalue weighted by molar-refractivity contribution is 7.25. The summed E-state index contributed by atoms with van der Waals surface area (Å²) < 4.78 is 1.30. The number of nitrogens with zero attached hydrogens (tertiary/aromatic N) is 1. The molecule has 0 bridgehead atoms. The fourth-order valence-corrected chi connectivity index (χ4v) is 3.62. The molecule has 0 N–H and O–H groups in total. The Balaban J connectivity index is 1.94. The van der Waals surface area contributed by atoms with Gasteiger partial charge in [0.15, 0.2) is 0 Å². The van der Waals surface area contributed by atoms with Crippen molar-refractivity contribution in [2.45, 2.75) is 6.92 Å². The van der Waals surface area contributed by atoms with E-state index in [-0.39, 0.29) is 0 Å². The monoisotopic (exact) mass is 275 g/mol. The van der Waals surface area contributed by atoms with Gasteiger partial charge >= 0.3 is 0 Å². The van der Waals surface area contributed by atoms with Crippen molar-refractivity contribution >= 4 is 31.6 Å². The molecule has 2 aromatic heterocycles.